The van der Waals surface area contributed by atoms with Gasteiger partial charge in [-0.3, -0.25) is 19.9 Å². The minimum Gasteiger partial charge on any atom is -0.493 e. The molecule has 0 aliphatic rings. The lowest BCUT2D eigenvalue weighted by Crippen LogP contribution is -2.40. The summed E-state index contributed by atoms with van der Waals surface area (Å²) in [7, 11) is 3.07. The monoisotopic (exact) mass is 518 g/mol. The molecule has 200 valence electrons. The third kappa shape index (κ3) is 8.33. The highest BCUT2D eigenvalue weighted by atomic mass is 16.5. The van der Waals surface area contributed by atoms with E-state index >= 15 is 0 Å². The molecule has 1 unspecified atom stereocenters. The molecule has 1 aromatic heterocycles. The number of carbonyl (C=O) groups excluding carboxylic acids is 2. The maximum atomic E-state index is 13.3. The summed E-state index contributed by atoms with van der Waals surface area (Å²) in [6.45, 7) is 2.40. The number of ketones is 1. The fourth-order valence-electron chi connectivity index (χ4n) is 3.94. The zero-order chi connectivity index (χ0) is 27.3. The molecular formula is C29H34N4O5. The van der Waals surface area contributed by atoms with Crippen LogP contribution in [0.5, 0.6) is 17.2 Å². The summed E-state index contributed by atoms with van der Waals surface area (Å²) in [5.41, 5.74) is 8.44. The van der Waals surface area contributed by atoms with Crippen LogP contribution in [0.25, 0.3) is 0 Å². The number of nitrogens with zero attached hydrogens (tertiary/aromatic N) is 2. The van der Waals surface area contributed by atoms with E-state index in [0.29, 0.717) is 48.0 Å². The number of amides is 1. The molecule has 3 aromatic rings. The first-order valence-electron chi connectivity index (χ1n) is 12.4. The Balaban J connectivity index is 1.70. The van der Waals surface area contributed by atoms with Crippen LogP contribution in [0.4, 0.5) is 0 Å². The molecule has 3 N–H and O–H groups in total. The van der Waals surface area contributed by atoms with E-state index in [4.69, 9.17) is 19.9 Å². The maximum absolute atomic E-state index is 13.3. The molecule has 0 saturated heterocycles. The van der Waals surface area contributed by atoms with E-state index < -0.39 is 6.04 Å². The number of hydrogen-bond acceptors (Lipinski definition) is 7. The Morgan fingerprint density at radius 3 is 2.45 bits per heavy atom. The number of aromatic nitrogens is 1. The van der Waals surface area contributed by atoms with Gasteiger partial charge in [-0.2, -0.15) is 0 Å². The van der Waals surface area contributed by atoms with Crippen LogP contribution in [-0.4, -0.2) is 49.5 Å². The Kier molecular flexibility index (Phi) is 10.7. The van der Waals surface area contributed by atoms with Gasteiger partial charge in [0.15, 0.2) is 23.2 Å². The molecule has 9 nitrogen and oxygen atoms in total. The summed E-state index contributed by atoms with van der Waals surface area (Å²) in [5, 5.41) is 2.60. The maximum Gasteiger partial charge on any atom is 0.231 e. The number of guanidine groups is 1. The zero-order valence-corrected chi connectivity index (χ0v) is 22.0. The van der Waals surface area contributed by atoms with Gasteiger partial charge in [0.1, 0.15) is 11.8 Å². The topological polar surface area (TPSA) is 125 Å². The smallest absolute Gasteiger partial charge is 0.231 e. The van der Waals surface area contributed by atoms with Gasteiger partial charge in [-0.1, -0.05) is 36.4 Å². The number of pyridine rings is 1. The number of hydrogen-bond donors (Lipinski definition) is 2. The molecule has 1 amide bonds. The van der Waals surface area contributed by atoms with E-state index in [1.807, 2.05) is 43.3 Å². The summed E-state index contributed by atoms with van der Waals surface area (Å²) in [6.07, 6.45) is 2.68. The van der Waals surface area contributed by atoms with Gasteiger partial charge in [-0.25, -0.2) is 4.99 Å². The molecular weight excluding hydrogens is 484 g/mol. The average molecular weight is 519 g/mol. The molecule has 0 aliphatic heterocycles. The third-order valence-corrected chi connectivity index (χ3v) is 5.78. The number of aliphatic imine (C=N–C) groups is 1. The second kappa shape index (κ2) is 14.4. The van der Waals surface area contributed by atoms with Crippen molar-refractivity contribution < 1.29 is 23.8 Å². The zero-order valence-electron chi connectivity index (χ0n) is 22.0. The third-order valence-electron chi connectivity index (χ3n) is 5.78. The summed E-state index contributed by atoms with van der Waals surface area (Å²) in [4.78, 5) is 34.7. The molecule has 0 spiro atoms. The minimum atomic E-state index is -0.766. The molecule has 0 aliphatic carbocycles. The standard InChI is InChI=1S/C29H34N4O5/c1-4-38-25-11-8-16-31-22(25)13-14-24(34)23(17-20-9-6-5-7-10-20)32-29(30)33-28(35)19-21-12-15-26(36-2)27(18-21)37-3/h5-12,15-16,18,23H,4,13-14,17,19H2,1-3H3,(H3,30,32,33,35). The van der Waals surface area contributed by atoms with E-state index in [-0.39, 0.29) is 30.5 Å². The average Bonchev–Trinajstić information content (AvgIpc) is 2.92. The molecule has 1 atom stereocenters. The van der Waals surface area contributed by atoms with Crippen LogP contribution < -0.4 is 25.3 Å². The van der Waals surface area contributed by atoms with Gasteiger partial charge < -0.3 is 19.9 Å². The molecule has 2 aromatic carbocycles. The van der Waals surface area contributed by atoms with Crippen molar-refractivity contribution in [2.45, 2.75) is 38.6 Å². The number of nitrogens with two attached hydrogens (primary N) is 1. The molecule has 0 radical (unpaired) electrons. The molecule has 1 heterocycles. The molecule has 0 saturated carbocycles. The van der Waals surface area contributed by atoms with Crippen molar-refractivity contribution in [3.05, 3.63) is 83.7 Å². The van der Waals surface area contributed by atoms with Crippen LogP contribution in [0.1, 0.15) is 30.2 Å². The van der Waals surface area contributed by atoms with Crippen molar-refractivity contribution in [1.82, 2.24) is 10.3 Å². The van der Waals surface area contributed by atoms with Crippen LogP contribution >= 0.6 is 0 Å². The molecule has 3 rings (SSSR count). The van der Waals surface area contributed by atoms with Crippen molar-refractivity contribution in [3.8, 4) is 17.2 Å². The summed E-state index contributed by atoms with van der Waals surface area (Å²) >= 11 is 0. The Hall–Kier alpha value is -4.40. The molecule has 38 heavy (non-hydrogen) atoms. The van der Waals surface area contributed by atoms with Crippen LogP contribution in [0.15, 0.2) is 71.9 Å². The number of ether oxygens (including phenoxy) is 3. The summed E-state index contributed by atoms with van der Waals surface area (Å²) in [6, 6.07) is 17.6. The van der Waals surface area contributed by atoms with Gasteiger partial charge in [-0.15, -0.1) is 0 Å². The van der Waals surface area contributed by atoms with Gasteiger partial charge in [0.25, 0.3) is 0 Å². The number of aryl methyl sites for hydroxylation is 1. The Labute approximate surface area is 223 Å². The van der Waals surface area contributed by atoms with Crippen molar-refractivity contribution in [2.24, 2.45) is 10.7 Å². The van der Waals surface area contributed by atoms with E-state index in [0.717, 1.165) is 5.56 Å². The highest BCUT2D eigenvalue weighted by Crippen LogP contribution is 2.27. The van der Waals surface area contributed by atoms with Crippen molar-refractivity contribution >= 4 is 17.6 Å². The first-order chi connectivity index (χ1) is 18.4. The summed E-state index contributed by atoms with van der Waals surface area (Å²) < 4.78 is 16.2. The predicted octanol–water partition coefficient (Wildman–Crippen LogP) is 3.28. The van der Waals surface area contributed by atoms with E-state index in [9.17, 15) is 9.59 Å². The number of benzene rings is 2. The predicted molar refractivity (Wildman–Crippen MR) is 146 cm³/mol. The number of methoxy groups -OCH3 is 2. The van der Waals surface area contributed by atoms with Crippen molar-refractivity contribution in [1.29, 1.82) is 0 Å². The van der Waals surface area contributed by atoms with Crippen molar-refractivity contribution in [2.75, 3.05) is 20.8 Å². The largest absolute Gasteiger partial charge is 0.493 e. The van der Waals surface area contributed by atoms with Gasteiger partial charge in [0, 0.05) is 25.5 Å². The molecule has 0 fully saturated rings. The SMILES string of the molecule is CCOc1cccnc1CCC(=O)C(Cc1ccccc1)N=C(N)NC(=O)Cc1ccc(OC)c(OC)c1. The Morgan fingerprint density at radius 1 is 0.974 bits per heavy atom. The van der Waals surface area contributed by atoms with Gasteiger partial charge in [-0.05, 0) is 42.3 Å². The Morgan fingerprint density at radius 2 is 1.74 bits per heavy atom. The number of Topliss-reactive ketones (excluding diaryl/α,β-unsaturated/α-hetero) is 1. The second-order valence-corrected chi connectivity index (χ2v) is 8.48. The first kappa shape index (κ1) is 28.2. The first-order valence-corrected chi connectivity index (χ1v) is 12.4. The van der Waals surface area contributed by atoms with Crippen LogP contribution in [0.2, 0.25) is 0 Å². The fourth-order valence-corrected chi connectivity index (χ4v) is 3.94. The minimum absolute atomic E-state index is 0.0494. The van der Waals surface area contributed by atoms with Gasteiger partial charge in [0.2, 0.25) is 5.91 Å². The lowest BCUT2D eigenvalue weighted by Gasteiger charge is -2.15. The normalized spacial score (nSPS) is 11.9. The van der Waals surface area contributed by atoms with Crippen LogP contribution in [0, 0.1) is 0 Å². The molecule has 0 bridgehead atoms. The Bertz CT molecular complexity index is 1250. The quantitative estimate of drug-likeness (QED) is 0.263. The van der Waals surface area contributed by atoms with E-state index in [2.05, 4.69) is 15.3 Å². The highest BCUT2D eigenvalue weighted by molar-refractivity contribution is 5.98. The number of nitrogens with one attached hydrogen (secondary N) is 1. The number of carbonyl (C=O) groups is 2. The van der Waals surface area contributed by atoms with Crippen molar-refractivity contribution in [3.63, 3.8) is 0 Å². The van der Waals surface area contributed by atoms with Crippen LogP contribution in [0.3, 0.4) is 0 Å². The van der Waals surface area contributed by atoms with E-state index in [1.54, 1.807) is 37.6 Å². The molecule has 9 heteroatoms. The summed E-state index contributed by atoms with van der Waals surface area (Å²) in [5.74, 6) is 1.16. The lowest BCUT2D eigenvalue weighted by molar-refractivity contribution is -0.121. The fraction of sp³-hybridized carbons (Fsp3) is 0.310. The lowest BCUT2D eigenvalue weighted by atomic mass is 9.99. The highest BCUT2D eigenvalue weighted by Gasteiger charge is 2.20. The van der Waals surface area contributed by atoms with Gasteiger partial charge >= 0.3 is 0 Å². The van der Waals surface area contributed by atoms with Gasteiger partial charge in [0.05, 0.1) is 32.9 Å². The second-order valence-electron chi connectivity index (χ2n) is 8.48. The number of rotatable bonds is 13. The van der Waals surface area contributed by atoms with Crippen LogP contribution in [-0.2, 0) is 28.9 Å². The van der Waals surface area contributed by atoms with E-state index in [1.165, 1.54) is 7.11 Å².